The summed E-state index contributed by atoms with van der Waals surface area (Å²) in [5.41, 5.74) is 0.605. The Morgan fingerprint density at radius 3 is 2.71 bits per heavy atom. The molecule has 0 atom stereocenters. The summed E-state index contributed by atoms with van der Waals surface area (Å²) in [5.74, 6) is 1.04. The highest BCUT2D eigenvalue weighted by molar-refractivity contribution is 6.18. The molecule has 0 saturated heterocycles. The van der Waals surface area contributed by atoms with E-state index in [4.69, 9.17) is 16.3 Å². The van der Waals surface area contributed by atoms with Crippen LogP contribution in [0.15, 0.2) is 36.4 Å². The van der Waals surface area contributed by atoms with Crippen molar-refractivity contribution in [2.75, 3.05) is 12.5 Å². The Labute approximate surface area is 105 Å². The topological polar surface area (TPSA) is 26.3 Å². The molecule has 0 heterocycles. The standard InChI is InChI=1S/C14H13ClO2/c1-10(16)12-7-6-11-4-2-3-5-13(11)14(12)17-9-8-15/h2-7H,8-9H2,1H3. The number of ether oxygens (including phenoxy) is 1. The predicted molar refractivity (Wildman–Crippen MR) is 70.2 cm³/mol. The second-order valence-corrected chi connectivity index (χ2v) is 4.13. The van der Waals surface area contributed by atoms with E-state index in [1.54, 1.807) is 6.07 Å². The average molecular weight is 249 g/mol. The normalized spacial score (nSPS) is 10.5. The molecule has 0 aliphatic carbocycles. The fourth-order valence-corrected chi connectivity index (χ4v) is 1.89. The number of benzene rings is 2. The van der Waals surface area contributed by atoms with E-state index in [0.717, 1.165) is 10.8 Å². The Morgan fingerprint density at radius 1 is 1.24 bits per heavy atom. The first-order valence-electron chi connectivity index (χ1n) is 5.45. The van der Waals surface area contributed by atoms with Gasteiger partial charge in [-0.1, -0.05) is 30.3 Å². The van der Waals surface area contributed by atoms with Crippen LogP contribution in [0.4, 0.5) is 0 Å². The molecule has 2 rings (SSSR count). The average Bonchev–Trinajstić information content (AvgIpc) is 2.35. The predicted octanol–water partition coefficient (Wildman–Crippen LogP) is 3.66. The lowest BCUT2D eigenvalue weighted by atomic mass is 10.0. The van der Waals surface area contributed by atoms with Gasteiger partial charge in [0, 0.05) is 5.39 Å². The minimum atomic E-state index is 0.000301. The van der Waals surface area contributed by atoms with Crippen LogP contribution in [-0.4, -0.2) is 18.3 Å². The molecule has 0 radical (unpaired) electrons. The summed E-state index contributed by atoms with van der Waals surface area (Å²) in [6.45, 7) is 1.94. The van der Waals surface area contributed by atoms with Crippen LogP contribution in [0.2, 0.25) is 0 Å². The van der Waals surface area contributed by atoms with Crippen LogP contribution in [0.1, 0.15) is 17.3 Å². The maximum absolute atomic E-state index is 11.6. The zero-order chi connectivity index (χ0) is 12.3. The van der Waals surface area contributed by atoms with Gasteiger partial charge in [0.2, 0.25) is 0 Å². The summed E-state index contributed by atoms with van der Waals surface area (Å²) in [7, 11) is 0. The van der Waals surface area contributed by atoms with E-state index in [1.807, 2.05) is 30.3 Å². The number of rotatable bonds is 4. The quantitative estimate of drug-likeness (QED) is 0.610. The van der Waals surface area contributed by atoms with Gasteiger partial charge in [-0.05, 0) is 18.4 Å². The second-order valence-electron chi connectivity index (χ2n) is 3.76. The molecule has 2 aromatic rings. The van der Waals surface area contributed by atoms with Gasteiger partial charge in [-0.3, -0.25) is 4.79 Å². The maximum atomic E-state index is 11.6. The summed E-state index contributed by atoms with van der Waals surface area (Å²) in [6, 6.07) is 11.6. The number of hydrogen-bond acceptors (Lipinski definition) is 2. The van der Waals surface area contributed by atoms with Crippen LogP contribution in [0.25, 0.3) is 10.8 Å². The molecule has 0 N–H and O–H groups in total. The summed E-state index contributed by atoms with van der Waals surface area (Å²) >= 11 is 5.62. The van der Waals surface area contributed by atoms with Gasteiger partial charge in [-0.2, -0.15) is 0 Å². The lowest BCUT2D eigenvalue weighted by molar-refractivity contribution is 0.101. The number of carbonyl (C=O) groups excluding carboxylic acids is 1. The highest BCUT2D eigenvalue weighted by atomic mass is 35.5. The van der Waals surface area contributed by atoms with E-state index in [0.29, 0.717) is 23.8 Å². The van der Waals surface area contributed by atoms with E-state index < -0.39 is 0 Å². The fraction of sp³-hybridized carbons (Fsp3) is 0.214. The maximum Gasteiger partial charge on any atom is 0.163 e. The molecule has 0 bridgehead atoms. The van der Waals surface area contributed by atoms with Gasteiger partial charge in [0.25, 0.3) is 0 Å². The molecule has 2 nitrogen and oxygen atoms in total. The molecule has 0 aromatic heterocycles. The van der Waals surface area contributed by atoms with Crippen molar-refractivity contribution >= 4 is 28.2 Å². The molecule has 17 heavy (non-hydrogen) atoms. The van der Waals surface area contributed by atoms with E-state index >= 15 is 0 Å². The van der Waals surface area contributed by atoms with Gasteiger partial charge >= 0.3 is 0 Å². The summed E-state index contributed by atoms with van der Waals surface area (Å²) in [4.78, 5) is 11.6. The Bertz CT molecular complexity index is 549. The number of Topliss-reactive ketones (excluding diaryl/α,β-unsaturated/α-hetero) is 1. The van der Waals surface area contributed by atoms with E-state index in [1.165, 1.54) is 6.92 Å². The van der Waals surface area contributed by atoms with Crippen molar-refractivity contribution in [2.24, 2.45) is 0 Å². The van der Waals surface area contributed by atoms with Crippen LogP contribution in [0, 0.1) is 0 Å². The Hall–Kier alpha value is -1.54. The third kappa shape index (κ3) is 2.42. The first-order chi connectivity index (χ1) is 8.24. The third-order valence-electron chi connectivity index (χ3n) is 2.58. The largest absolute Gasteiger partial charge is 0.491 e. The molecule has 0 saturated carbocycles. The molecule has 3 heteroatoms. The number of hydrogen-bond donors (Lipinski definition) is 0. The number of carbonyl (C=O) groups is 1. The molecule has 0 unspecified atom stereocenters. The number of alkyl halides is 1. The summed E-state index contributed by atoms with van der Waals surface area (Å²) in [5, 5.41) is 2.01. The second kappa shape index (κ2) is 5.19. The lowest BCUT2D eigenvalue weighted by Crippen LogP contribution is -2.04. The van der Waals surface area contributed by atoms with Crippen LogP contribution < -0.4 is 4.74 Å². The molecular formula is C14H13ClO2. The van der Waals surface area contributed by atoms with Crippen molar-refractivity contribution < 1.29 is 9.53 Å². The van der Waals surface area contributed by atoms with Crippen LogP contribution >= 0.6 is 11.6 Å². The number of halogens is 1. The van der Waals surface area contributed by atoms with Gasteiger partial charge in [0.15, 0.2) is 5.78 Å². The highest BCUT2D eigenvalue weighted by Crippen LogP contribution is 2.30. The first-order valence-corrected chi connectivity index (χ1v) is 5.99. The molecule has 88 valence electrons. The number of fused-ring (bicyclic) bond motifs is 1. The minimum Gasteiger partial charge on any atom is -0.491 e. The molecular weight excluding hydrogens is 236 g/mol. The van der Waals surface area contributed by atoms with Gasteiger partial charge < -0.3 is 4.74 Å². The third-order valence-corrected chi connectivity index (χ3v) is 2.74. The number of ketones is 1. The van der Waals surface area contributed by atoms with Crippen molar-refractivity contribution in [3.63, 3.8) is 0 Å². The van der Waals surface area contributed by atoms with Gasteiger partial charge in [0.05, 0.1) is 11.4 Å². The van der Waals surface area contributed by atoms with Gasteiger partial charge in [-0.15, -0.1) is 11.6 Å². The van der Waals surface area contributed by atoms with E-state index in [9.17, 15) is 4.79 Å². The summed E-state index contributed by atoms with van der Waals surface area (Å²) in [6.07, 6.45) is 0. The molecule has 0 fully saturated rings. The van der Waals surface area contributed by atoms with E-state index in [2.05, 4.69) is 0 Å². The zero-order valence-corrected chi connectivity index (χ0v) is 10.3. The minimum absolute atomic E-state index is 0.000301. The zero-order valence-electron chi connectivity index (χ0n) is 9.57. The smallest absolute Gasteiger partial charge is 0.163 e. The SMILES string of the molecule is CC(=O)c1ccc2ccccc2c1OCCCl. The first kappa shape index (κ1) is 11.9. The lowest BCUT2D eigenvalue weighted by Gasteiger charge is -2.11. The van der Waals surface area contributed by atoms with Crippen molar-refractivity contribution in [1.29, 1.82) is 0 Å². The van der Waals surface area contributed by atoms with Crippen molar-refractivity contribution in [3.8, 4) is 5.75 Å². The molecule has 0 amide bonds. The van der Waals surface area contributed by atoms with Crippen molar-refractivity contribution in [3.05, 3.63) is 42.0 Å². The molecule has 0 aliphatic rings. The van der Waals surface area contributed by atoms with E-state index in [-0.39, 0.29) is 5.78 Å². The van der Waals surface area contributed by atoms with Crippen LogP contribution in [0.3, 0.4) is 0 Å². The Balaban J connectivity index is 2.61. The van der Waals surface area contributed by atoms with Crippen molar-refractivity contribution in [2.45, 2.75) is 6.92 Å². The van der Waals surface area contributed by atoms with Gasteiger partial charge in [-0.25, -0.2) is 0 Å². The van der Waals surface area contributed by atoms with Crippen LogP contribution in [-0.2, 0) is 0 Å². The fourth-order valence-electron chi connectivity index (χ4n) is 1.82. The highest BCUT2D eigenvalue weighted by Gasteiger charge is 2.12. The molecule has 2 aromatic carbocycles. The Morgan fingerprint density at radius 2 is 2.00 bits per heavy atom. The van der Waals surface area contributed by atoms with Crippen molar-refractivity contribution in [1.82, 2.24) is 0 Å². The molecule has 0 spiro atoms. The Kier molecular flexibility index (Phi) is 3.64. The monoisotopic (exact) mass is 248 g/mol. The molecule has 0 aliphatic heterocycles. The van der Waals surface area contributed by atoms with Gasteiger partial charge in [0.1, 0.15) is 12.4 Å². The van der Waals surface area contributed by atoms with Crippen LogP contribution in [0.5, 0.6) is 5.75 Å². The summed E-state index contributed by atoms with van der Waals surface area (Å²) < 4.78 is 5.61.